The Morgan fingerprint density at radius 3 is 2.69 bits per heavy atom. The first kappa shape index (κ1) is 15.9. The van der Waals surface area contributed by atoms with E-state index in [0.29, 0.717) is 6.79 Å². The molecule has 1 saturated heterocycles. The van der Waals surface area contributed by atoms with Gasteiger partial charge in [0.1, 0.15) is 5.82 Å². The average molecular weight is 353 g/mol. The number of ether oxygens (including phenoxy) is 3. The molecular weight excluding hydrogens is 330 g/mol. The normalized spacial score (nSPS) is 22.3. The number of benzene rings is 1. The number of hydrogen-bond donors (Lipinski definition) is 0. The molecule has 1 aromatic heterocycles. The molecule has 0 bridgehead atoms. The van der Waals surface area contributed by atoms with Gasteiger partial charge in [0, 0.05) is 38.9 Å². The van der Waals surface area contributed by atoms with E-state index in [1.807, 2.05) is 18.3 Å². The van der Waals surface area contributed by atoms with Crippen molar-refractivity contribution in [1.29, 1.82) is 0 Å². The fraction of sp³-hybridized carbons (Fsp3) is 0.450. The molecule has 1 aromatic carbocycles. The van der Waals surface area contributed by atoms with Gasteiger partial charge in [-0.25, -0.2) is 4.98 Å². The van der Waals surface area contributed by atoms with Crippen molar-refractivity contribution in [3.63, 3.8) is 0 Å². The Morgan fingerprint density at radius 2 is 1.88 bits per heavy atom. The van der Waals surface area contributed by atoms with Crippen LogP contribution in [0.3, 0.4) is 0 Å². The maximum absolute atomic E-state index is 6.11. The van der Waals surface area contributed by atoms with E-state index in [1.165, 1.54) is 11.1 Å². The highest BCUT2D eigenvalue weighted by atomic mass is 16.7. The summed E-state index contributed by atoms with van der Waals surface area (Å²) in [5, 5.41) is 0. The Kier molecular flexibility index (Phi) is 4.15. The summed E-state index contributed by atoms with van der Waals surface area (Å²) in [5.41, 5.74) is 2.59. The highest BCUT2D eigenvalue weighted by Crippen LogP contribution is 2.39. The molecular formula is C20H23N3O3. The van der Waals surface area contributed by atoms with Crippen LogP contribution in [0.4, 0.5) is 5.82 Å². The van der Waals surface area contributed by atoms with Crippen molar-refractivity contribution in [2.24, 2.45) is 0 Å². The maximum Gasteiger partial charge on any atom is 0.231 e. The van der Waals surface area contributed by atoms with E-state index in [0.717, 1.165) is 63.1 Å². The summed E-state index contributed by atoms with van der Waals surface area (Å²) in [6.45, 7) is 6.05. The topological polar surface area (TPSA) is 47.1 Å². The largest absolute Gasteiger partial charge is 0.454 e. The maximum atomic E-state index is 6.11. The van der Waals surface area contributed by atoms with Gasteiger partial charge in [0.15, 0.2) is 11.5 Å². The number of fused-ring (bicyclic) bond motifs is 2. The van der Waals surface area contributed by atoms with Gasteiger partial charge >= 0.3 is 0 Å². The van der Waals surface area contributed by atoms with Crippen LogP contribution in [-0.4, -0.2) is 56.0 Å². The van der Waals surface area contributed by atoms with Crippen LogP contribution >= 0.6 is 0 Å². The van der Waals surface area contributed by atoms with Crippen molar-refractivity contribution in [2.45, 2.75) is 12.5 Å². The molecule has 1 fully saturated rings. The number of nitrogens with zero attached hydrogens (tertiary/aromatic N) is 3. The van der Waals surface area contributed by atoms with E-state index in [-0.39, 0.29) is 6.10 Å². The zero-order chi connectivity index (χ0) is 17.3. The van der Waals surface area contributed by atoms with Gasteiger partial charge in [-0.05, 0) is 41.8 Å². The molecule has 5 rings (SSSR count). The van der Waals surface area contributed by atoms with E-state index in [4.69, 9.17) is 14.2 Å². The van der Waals surface area contributed by atoms with Crippen LogP contribution in [0.1, 0.15) is 17.2 Å². The number of piperazine rings is 1. The summed E-state index contributed by atoms with van der Waals surface area (Å²) in [6.07, 6.45) is 2.91. The van der Waals surface area contributed by atoms with Crippen molar-refractivity contribution in [1.82, 2.24) is 9.88 Å². The molecule has 0 saturated carbocycles. The standard InChI is InChI=1S/C20H23N3O3/c1-2-5-21-20(3-1)23-8-6-22(7-9-23)13-19-16-12-18-17(25-14-26-18)11-15(16)4-10-24-19/h1-3,5,11-12,19H,4,6-10,13-14H2. The molecule has 3 aliphatic heterocycles. The number of hydrogen-bond acceptors (Lipinski definition) is 6. The monoisotopic (exact) mass is 353 g/mol. The van der Waals surface area contributed by atoms with E-state index in [9.17, 15) is 0 Å². The minimum Gasteiger partial charge on any atom is -0.454 e. The van der Waals surface area contributed by atoms with Crippen molar-refractivity contribution >= 4 is 5.82 Å². The van der Waals surface area contributed by atoms with Gasteiger partial charge in [0.25, 0.3) is 0 Å². The third-order valence-electron chi connectivity index (χ3n) is 5.44. The highest BCUT2D eigenvalue weighted by Gasteiger charge is 2.28. The molecule has 136 valence electrons. The third-order valence-corrected chi connectivity index (χ3v) is 5.44. The van der Waals surface area contributed by atoms with Crippen LogP contribution in [0.5, 0.6) is 11.5 Å². The average Bonchev–Trinajstić information content (AvgIpc) is 3.15. The fourth-order valence-electron chi connectivity index (χ4n) is 4.00. The first-order chi connectivity index (χ1) is 12.9. The number of pyridine rings is 1. The first-order valence-electron chi connectivity index (χ1n) is 9.29. The number of rotatable bonds is 3. The molecule has 0 spiro atoms. The van der Waals surface area contributed by atoms with Gasteiger partial charge < -0.3 is 19.1 Å². The summed E-state index contributed by atoms with van der Waals surface area (Å²) >= 11 is 0. The van der Waals surface area contributed by atoms with Gasteiger partial charge in [-0.15, -0.1) is 0 Å². The SMILES string of the molecule is c1ccc(N2CCN(CC3OCCc4cc5c(cc43)OCO5)CC2)nc1. The van der Waals surface area contributed by atoms with Crippen LogP contribution in [0, 0.1) is 0 Å². The van der Waals surface area contributed by atoms with Crippen molar-refractivity contribution in [3.05, 3.63) is 47.7 Å². The van der Waals surface area contributed by atoms with Crippen LogP contribution in [-0.2, 0) is 11.2 Å². The lowest BCUT2D eigenvalue weighted by Gasteiger charge is -2.38. The quantitative estimate of drug-likeness (QED) is 0.843. The van der Waals surface area contributed by atoms with Gasteiger partial charge in [0.05, 0.1) is 12.7 Å². The van der Waals surface area contributed by atoms with Crippen LogP contribution in [0.25, 0.3) is 0 Å². The van der Waals surface area contributed by atoms with E-state index in [2.05, 4.69) is 33.0 Å². The minimum absolute atomic E-state index is 0.106. The Morgan fingerprint density at radius 1 is 1.04 bits per heavy atom. The molecule has 6 heteroatoms. The first-order valence-corrected chi connectivity index (χ1v) is 9.29. The molecule has 2 aromatic rings. The second-order valence-corrected chi connectivity index (χ2v) is 6.99. The summed E-state index contributed by atoms with van der Waals surface area (Å²) in [5.74, 6) is 2.78. The second-order valence-electron chi connectivity index (χ2n) is 6.99. The Hall–Kier alpha value is -2.31. The van der Waals surface area contributed by atoms with Crippen molar-refractivity contribution in [2.75, 3.05) is 51.0 Å². The molecule has 26 heavy (non-hydrogen) atoms. The Bertz CT molecular complexity index is 775. The predicted molar refractivity (Wildman–Crippen MR) is 97.9 cm³/mol. The molecule has 0 radical (unpaired) electrons. The van der Waals surface area contributed by atoms with Crippen LogP contribution < -0.4 is 14.4 Å². The van der Waals surface area contributed by atoms with Gasteiger partial charge in [-0.1, -0.05) is 6.07 Å². The molecule has 0 N–H and O–H groups in total. The third kappa shape index (κ3) is 2.99. The van der Waals surface area contributed by atoms with Crippen LogP contribution in [0.15, 0.2) is 36.5 Å². The molecule has 0 amide bonds. The van der Waals surface area contributed by atoms with E-state index in [1.54, 1.807) is 0 Å². The van der Waals surface area contributed by atoms with Crippen molar-refractivity contribution < 1.29 is 14.2 Å². The summed E-state index contributed by atoms with van der Waals surface area (Å²) in [7, 11) is 0. The Balaban J connectivity index is 1.26. The fourth-order valence-corrected chi connectivity index (χ4v) is 4.00. The van der Waals surface area contributed by atoms with Crippen LogP contribution in [0.2, 0.25) is 0 Å². The molecule has 3 aliphatic rings. The second kappa shape index (κ2) is 6.78. The molecule has 1 unspecified atom stereocenters. The molecule has 1 atom stereocenters. The number of aromatic nitrogens is 1. The van der Waals surface area contributed by atoms with Gasteiger partial charge in [0.2, 0.25) is 6.79 Å². The van der Waals surface area contributed by atoms with Crippen molar-refractivity contribution in [3.8, 4) is 11.5 Å². The Labute approximate surface area is 153 Å². The lowest BCUT2D eigenvalue weighted by molar-refractivity contribution is 0.0147. The molecule has 4 heterocycles. The lowest BCUT2D eigenvalue weighted by Crippen LogP contribution is -2.48. The molecule has 6 nitrogen and oxygen atoms in total. The summed E-state index contributed by atoms with van der Waals surface area (Å²) in [4.78, 5) is 9.30. The molecule has 0 aliphatic carbocycles. The number of anilines is 1. The highest BCUT2D eigenvalue weighted by molar-refractivity contribution is 5.50. The summed E-state index contributed by atoms with van der Waals surface area (Å²) < 4.78 is 17.2. The smallest absolute Gasteiger partial charge is 0.231 e. The van der Waals surface area contributed by atoms with E-state index < -0.39 is 0 Å². The van der Waals surface area contributed by atoms with E-state index >= 15 is 0 Å². The zero-order valence-corrected chi connectivity index (χ0v) is 14.8. The van der Waals surface area contributed by atoms with Gasteiger partial charge in [-0.3, -0.25) is 4.90 Å². The zero-order valence-electron chi connectivity index (χ0n) is 14.8. The predicted octanol–water partition coefficient (Wildman–Crippen LogP) is 2.25. The van der Waals surface area contributed by atoms with Gasteiger partial charge in [-0.2, -0.15) is 0 Å². The minimum atomic E-state index is 0.106. The summed E-state index contributed by atoms with van der Waals surface area (Å²) in [6, 6.07) is 10.3. The lowest BCUT2D eigenvalue weighted by atomic mass is 9.96.